The van der Waals surface area contributed by atoms with Crippen molar-refractivity contribution in [3.05, 3.63) is 100 Å². The Bertz CT molecular complexity index is 1370. The highest BCUT2D eigenvalue weighted by atomic mass is 32.2. The molecule has 3 aromatic carbocycles. The number of aryl methyl sites for hydroxylation is 1. The molecule has 0 bridgehead atoms. The zero-order valence-corrected chi connectivity index (χ0v) is 18.7. The van der Waals surface area contributed by atoms with E-state index in [1.165, 1.54) is 29.3 Å². The van der Waals surface area contributed by atoms with Crippen molar-refractivity contribution < 1.29 is 14.5 Å². The summed E-state index contributed by atoms with van der Waals surface area (Å²) in [5, 5.41) is 19.8. The number of hydrogen-bond donors (Lipinski definition) is 1. The van der Waals surface area contributed by atoms with Crippen LogP contribution in [0.25, 0.3) is 0 Å². The van der Waals surface area contributed by atoms with Crippen LogP contribution in [-0.2, 0) is 9.59 Å². The van der Waals surface area contributed by atoms with Gasteiger partial charge in [-0.05, 0) is 43.3 Å². The van der Waals surface area contributed by atoms with Gasteiger partial charge in [0, 0.05) is 17.7 Å². The molecule has 0 radical (unpaired) electrons. The van der Waals surface area contributed by atoms with Crippen LogP contribution in [0.2, 0.25) is 0 Å². The maximum absolute atomic E-state index is 13.7. The second-order valence-electron chi connectivity index (χ2n) is 7.69. The Kier molecular flexibility index (Phi) is 5.21. The molecule has 1 fully saturated rings. The lowest BCUT2D eigenvalue weighted by Crippen LogP contribution is -2.50. The standard InChI is InChI=1S/C24H17N5O4S/c1-15-7-11-17(12-8-15)25-23-26-21(30)24(34-23)20(16-9-13-19(14-10-16)29(32)33)27-28(22(24)31)18-5-3-2-4-6-18/h2-14H,1H3,(H,25,26,30). The van der Waals surface area contributed by atoms with E-state index in [0.717, 1.165) is 17.3 Å². The van der Waals surface area contributed by atoms with Crippen molar-refractivity contribution in [2.75, 3.05) is 5.01 Å². The number of para-hydroxylation sites is 1. The van der Waals surface area contributed by atoms with Crippen LogP contribution in [-0.4, -0.2) is 32.4 Å². The molecule has 1 saturated heterocycles. The van der Waals surface area contributed by atoms with Crippen LogP contribution in [0.15, 0.2) is 89.0 Å². The topological polar surface area (TPSA) is 117 Å². The van der Waals surface area contributed by atoms with Gasteiger partial charge in [0.1, 0.15) is 5.71 Å². The smallest absolute Gasteiger partial charge is 0.280 e. The third kappa shape index (κ3) is 3.54. The summed E-state index contributed by atoms with van der Waals surface area (Å²) in [4.78, 5) is 42.1. The van der Waals surface area contributed by atoms with Gasteiger partial charge in [-0.25, -0.2) is 4.99 Å². The number of aliphatic imine (C=N–C) groups is 1. The minimum absolute atomic E-state index is 0.104. The number of nitrogens with one attached hydrogen (secondary N) is 1. The minimum atomic E-state index is -1.71. The summed E-state index contributed by atoms with van der Waals surface area (Å²) in [6.07, 6.45) is 0. The van der Waals surface area contributed by atoms with Crippen molar-refractivity contribution in [1.29, 1.82) is 0 Å². The Morgan fingerprint density at radius 2 is 1.68 bits per heavy atom. The number of thioether (sulfide) groups is 1. The Labute approximate surface area is 198 Å². The Hall–Kier alpha value is -4.31. The van der Waals surface area contributed by atoms with E-state index < -0.39 is 21.5 Å². The second-order valence-corrected chi connectivity index (χ2v) is 8.90. The van der Waals surface area contributed by atoms with Gasteiger partial charge >= 0.3 is 0 Å². The lowest BCUT2D eigenvalue weighted by atomic mass is 9.94. The molecule has 2 heterocycles. The number of amidine groups is 1. The maximum atomic E-state index is 13.7. The van der Waals surface area contributed by atoms with Crippen molar-refractivity contribution in [3.63, 3.8) is 0 Å². The molecule has 2 aliphatic heterocycles. The molecule has 0 aromatic heterocycles. The average Bonchev–Trinajstić information content (AvgIpc) is 3.32. The zero-order valence-electron chi connectivity index (χ0n) is 17.8. The number of hydrogen-bond acceptors (Lipinski definition) is 7. The van der Waals surface area contributed by atoms with Gasteiger partial charge in [-0.1, -0.05) is 47.7 Å². The fourth-order valence-corrected chi connectivity index (χ4v) is 4.86. The number of nitro groups is 1. The van der Waals surface area contributed by atoms with E-state index in [0.29, 0.717) is 16.9 Å². The molecule has 1 atom stereocenters. The van der Waals surface area contributed by atoms with Crippen molar-refractivity contribution in [3.8, 4) is 0 Å². The third-order valence-corrected chi connectivity index (χ3v) is 6.68. The van der Waals surface area contributed by atoms with Crippen LogP contribution in [0, 0.1) is 17.0 Å². The quantitative estimate of drug-likeness (QED) is 0.351. The normalized spacial score (nSPS) is 20.7. The van der Waals surface area contributed by atoms with Gasteiger partial charge in [0.05, 0.1) is 16.3 Å². The van der Waals surface area contributed by atoms with Crippen molar-refractivity contribution in [2.24, 2.45) is 10.1 Å². The van der Waals surface area contributed by atoms with Gasteiger partial charge in [-0.2, -0.15) is 10.1 Å². The first-order chi connectivity index (χ1) is 16.4. The molecule has 10 heteroatoms. The number of carbonyl (C=O) groups is 2. The number of carbonyl (C=O) groups excluding carboxylic acids is 2. The van der Waals surface area contributed by atoms with E-state index >= 15 is 0 Å². The lowest BCUT2D eigenvalue weighted by Gasteiger charge is -2.19. The summed E-state index contributed by atoms with van der Waals surface area (Å²) in [6, 6.07) is 21.8. The molecule has 2 aliphatic rings. The van der Waals surface area contributed by atoms with E-state index in [2.05, 4.69) is 15.4 Å². The second kappa shape index (κ2) is 8.23. The highest BCUT2D eigenvalue weighted by Crippen LogP contribution is 2.43. The summed E-state index contributed by atoms with van der Waals surface area (Å²) in [6.45, 7) is 1.96. The predicted octanol–water partition coefficient (Wildman–Crippen LogP) is 3.94. The largest absolute Gasteiger partial charge is 0.303 e. The molecule has 9 nitrogen and oxygen atoms in total. The Morgan fingerprint density at radius 1 is 1.00 bits per heavy atom. The fraction of sp³-hybridized carbons (Fsp3) is 0.0833. The van der Waals surface area contributed by atoms with Crippen molar-refractivity contribution in [1.82, 2.24) is 5.32 Å². The SMILES string of the molecule is Cc1ccc(N=C2NC(=O)C3(S2)C(=O)N(c2ccccc2)N=C3c2ccc([N+](=O)[O-])cc2)cc1. The van der Waals surface area contributed by atoms with Crippen molar-refractivity contribution >= 4 is 51.5 Å². The molecule has 1 N–H and O–H groups in total. The summed E-state index contributed by atoms with van der Waals surface area (Å²) >= 11 is 0.981. The summed E-state index contributed by atoms with van der Waals surface area (Å²) in [5.74, 6) is -1.10. The van der Waals surface area contributed by atoms with E-state index in [4.69, 9.17) is 0 Å². The van der Waals surface area contributed by atoms with E-state index in [1.807, 2.05) is 37.3 Å². The average molecular weight is 471 g/mol. The molecular formula is C24H17N5O4S. The lowest BCUT2D eigenvalue weighted by molar-refractivity contribution is -0.384. The monoisotopic (exact) mass is 471 g/mol. The van der Waals surface area contributed by atoms with Crippen molar-refractivity contribution in [2.45, 2.75) is 11.7 Å². The van der Waals surface area contributed by atoms with Crippen LogP contribution in [0.3, 0.4) is 0 Å². The molecule has 2 amide bonds. The zero-order chi connectivity index (χ0) is 23.9. The number of amides is 2. The van der Waals surface area contributed by atoms with Gasteiger partial charge < -0.3 is 5.32 Å². The van der Waals surface area contributed by atoms with Gasteiger partial charge in [-0.3, -0.25) is 19.7 Å². The molecular weight excluding hydrogens is 454 g/mol. The first kappa shape index (κ1) is 21.5. The molecule has 5 rings (SSSR count). The molecule has 168 valence electrons. The van der Waals surface area contributed by atoms with Crippen LogP contribution in [0.5, 0.6) is 0 Å². The summed E-state index contributed by atoms with van der Waals surface area (Å²) < 4.78 is -1.71. The summed E-state index contributed by atoms with van der Waals surface area (Å²) in [7, 11) is 0. The Morgan fingerprint density at radius 3 is 2.32 bits per heavy atom. The summed E-state index contributed by atoms with van der Waals surface area (Å²) in [5.41, 5.74) is 2.71. The molecule has 0 aliphatic carbocycles. The number of benzene rings is 3. The number of hydrazone groups is 1. The number of non-ortho nitro benzene ring substituents is 1. The molecule has 1 unspecified atom stereocenters. The van der Waals surface area contributed by atoms with Crippen LogP contribution < -0.4 is 10.3 Å². The van der Waals surface area contributed by atoms with Gasteiger partial charge in [0.25, 0.3) is 17.5 Å². The maximum Gasteiger partial charge on any atom is 0.280 e. The highest BCUT2D eigenvalue weighted by Gasteiger charge is 2.63. The fourth-order valence-electron chi connectivity index (χ4n) is 3.70. The number of nitrogens with zero attached hydrogens (tertiary/aromatic N) is 4. The number of rotatable bonds is 4. The van der Waals surface area contributed by atoms with Crippen LogP contribution >= 0.6 is 11.8 Å². The third-order valence-electron chi connectivity index (χ3n) is 5.43. The molecule has 1 spiro atoms. The predicted molar refractivity (Wildman–Crippen MR) is 130 cm³/mol. The minimum Gasteiger partial charge on any atom is -0.303 e. The molecule has 0 saturated carbocycles. The first-order valence-electron chi connectivity index (χ1n) is 10.3. The van der Waals surface area contributed by atoms with E-state index in [-0.39, 0.29) is 16.6 Å². The van der Waals surface area contributed by atoms with Gasteiger partial charge in [0.2, 0.25) is 4.75 Å². The van der Waals surface area contributed by atoms with Gasteiger partial charge in [0.15, 0.2) is 5.17 Å². The van der Waals surface area contributed by atoms with Crippen LogP contribution in [0.1, 0.15) is 11.1 Å². The van der Waals surface area contributed by atoms with Gasteiger partial charge in [-0.15, -0.1) is 0 Å². The number of nitro benzene ring substituents is 1. The molecule has 34 heavy (non-hydrogen) atoms. The Balaban J connectivity index is 1.60. The van der Waals surface area contributed by atoms with E-state index in [9.17, 15) is 19.7 Å². The van der Waals surface area contributed by atoms with E-state index in [1.54, 1.807) is 24.3 Å². The van der Waals surface area contributed by atoms with Crippen LogP contribution in [0.4, 0.5) is 17.1 Å². The number of anilines is 1. The molecule has 3 aromatic rings. The highest BCUT2D eigenvalue weighted by molar-refractivity contribution is 8.17. The first-order valence-corrected chi connectivity index (χ1v) is 11.1.